The van der Waals surface area contributed by atoms with Crippen LogP contribution in [0.3, 0.4) is 0 Å². The van der Waals surface area contributed by atoms with Gasteiger partial charge in [0.05, 0.1) is 12.2 Å². The summed E-state index contributed by atoms with van der Waals surface area (Å²) in [5.41, 5.74) is 3.08. The summed E-state index contributed by atoms with van der Waals surface area (Å²) in [7, 11) is 0. The number of hydrogen-bond donors (Lipinski definition) is 1. The van der Waals surface area contributed by atoms with Crippen LogP contribution in [0.4, 0.5) is 5.69 Å². The molecule has 1 aliphatic rings. The van der Waals surface area contributed by atoms with Crippen LogP contribution in [0.25, 0.3) is 0 Å². The van der Waals surface area contributed by atoms with Gasteiger partial charge in [-0.15, -0.1) is 0 Å². The predicted octanol–water partition coefficient (Wildman–Crippen LogP) is 4.68. The number of anilines is 1. The quantitative estimate of drug-likeness (QED) is 0.697. The summed E-state index contributed by atoms with van der Waals surface area (Å²) in [4.78, 5) is 27.2. The fourth-order valence-electron chi connectivity index (χ4n) is 3.68. The monoisotopic (exact) mass is 414 g/mol. The van der Waals surface area contributed by atoms with Crippen LogP contribution in [0, 0.1) is 12.8 Å². The minimum Gasteiger partial charge on any atom is -0.462 e. The largest absolute Gasteiger partial charge is 0.462 e. The van der Waals surface area contributed by atoms with Gasteiger partial charge in [-0.2, -0.15) is 0 Å². The molecule has 29 heavy (non-hydrogen) atoms. The Labute approximate surface area is 177 Å². The molecular formula is C23H27ClN2O3. The maximum absolute atomic E-state index is 12.8. The van der Waals surface area contributed by atoms with Gasteiger partial charge in [-0.05, 0) is 75.2 Å². The smallest absolute Gasteiger partial charge is 0.338 e. The lowest BCUT2D eigenvalue weighted by Gasteiger charge is -2.31. The first-order valence-electron chi connectivity index (χ1n) is 10.0. The molecule has 1 amide bonds. The van der Waals surface area contributed by atoms with Crippen LogP contribution >= 0.6 is 11.6 Å². The Balaban J connectivity index is 1.56. The van der Waals surface area contributed by atoms with Crippen molar-refractivity contribution in [2.45, 2.75) is 33.2 Å². The van der Waals surface area contributed by atoms with Gasteiger partial charge in [0.2, 0.25) is 5.91 Å². The molecule has 0 atom stereocenters. The number of esters is 1. The Kier molecular flexibility index (Phi) is 7.29. The molecule has 0 bridgehead atoms. The SMILES string of the molecule is CCOC(=O)c1cccc(NC(=O)C2CCN(Cc3cccc(Cl)c3)CC2)c1C. The fourth-order valence-corrected chi connectivity index (χ4v) is 3.90. The number of rotatable bonds is 6. The van der Waals surface area contributed by atoms with Crippen molar-refractivity contribution in [1.29, 1.82) is 0 Å². The van der Waals surface area contributed by atoms with Crippen molar-refractivity contribution >= 4 is 29.2 Å². The van der Waals surface area contributed by atoms with E-state index in [4.69, 9.17) is 16.3 Å². The summed E-state index contributed by atoms with van der Waals surface area (Å²) in [6.45, 7) is 6.50. The van der Waals surface area contributed by atoms with Gasteiger partial charge in [0.25, 0.3) is 0 Å². The third-order valence-electron chi connectivity index (χ3n) is 5.34. The molecule has 0 aliphatic carbocycles. The maximum Gasteiger partial charge on any atom is 0.338 e. The standard InChI is InChI=1S/C23H27ClN2O3/c1-3-29-23(28)20-8-5-9-21(16(20)2)25-22(27)18-10-12-26(13-11-18)15-17-6-4-7-19(24)14-17/h4-9,14,18H,3,10-13,15H2,1-2H3,(H,25,27). The molecule has 6 heteroatoms. The van der Waals surface area contributed by atoms with Gasteiger partial charge < -0.3 is 10.1 Å². The molecule has 154 valence electrons. The van der Waals surface area contributed by atoms with E-state index in [-0.39, 0.29) is 17.8 Å². The van der Waals surface area contributed by atoms with E-state index in [0.717, 1.165) is 43.1 Å². The highest BCUT2D eigenvalue weighted by molar-refractivity contribution is 6.30. The van der Waals surface area contributed by atoms with Gasteiger partial charge in [-0.1, -0.05) is 29.8 Å². The Morgan fingerprint density at radius 3 is 2.59 bits per heavy atom. The average Bonchev–Trinajstić information content (AvgIpc) is 2.70. The van der Waals surface area contributed by atoms with E-state index in [0.29, 0.717) is 17.9 Å². The second-order valence-electron chi connectivity index (χ2n) is 7.37. The molecule has 1 N–H and O–H groups in total. The van der Waals surface area contributed by atoms with E-state index in [1.165, 1.54) is 5.56 Å². The lowest BCUT2D eigenvalue weighted by Crippen LogP contribution is -2.37. The molecular weight excluding hydrogens is 388 g/mol. The zero-order chi connectivity index (χ0) is 20.8. The van der Waals surface area contributed by atoms with Crippen LogP contribution in [0.2, 0.25) is 5.02 Å². The van der Waals surface area contributed by atoms with Crippen molar-refractivity contribution in [2.24, 2.45) is 5.92 Å². The fraction of sp³-hybridized carbons (Fsp3) is 0.391. The number of benzene rings is 2. The highest BCUT2D eigenvalue weighted by Gasteiger charge is 2.26. The van der Waals surface area contributed by atoms with Gasteiger partial charge in [-0.25, -0.2) is 4.79 Å². The predicted molar refractivity (Wildman–Crippen MR) is 115 cm³/mol. The number of nitrogens with zero attached hydrogens (tertiary/aromatic N) is 1. The lowest BCUT2D eigenvalue weighted by atomic mass is 9.95. The molecule has 1 fully saturated rings. The summed E-state index contributed by atoms with van der Waals surface area (Å²) in [6.07, 6.45) is 1.62. The summed E-state index contributed by atoms with van der Waals surface area (Å²) < 4.78 is 5.09. The number of amides is 1. The molecule has 3 rings (SSSR count). The first-order chi connectivity index (χ1) is 14.0. The van der Waals surface area contributed by atoms with E-state index in [9.17, 15) is 9.59 Å². The second kappa shape index (κ2) is 9.90. The molecule has 5 nitrogen and oxygen atoms in total. The number of carbonyl (C=O) groups excluding carboxylic acids is 2. The molecule has 1 heterocycles. The van der Waals surface area contributed by atoms with E-state index >= 15 is 0 Å². The van der Waals surface area contributed by atoms with Crippen molar-refractivity contribution in [2.75, 3.05) is 25.0 Å². The topological polar surface area (TPSA) is 58.6 Å². The maximum atomic E-state index is 12.8. The van der Waals surface area contributed by atoms with Crippen LogP contribution in [0.1, 0.15) is 41.3 Å². The van der Waals surface area contributed by atoms with Gasteiger partial charge in [0, 0.05) is 23.2 Å². The first-order valence-corrected chi connectivity index (χ1v) is 10.4. The van der Waals surface area contributed by atoms with Crippen molar-refractivity contribution in [1.82, 2.24) is 4.90 Å². The van der Waals surface area contributed by atoms with E-state index in [1.54, 1.807) is 19.1 Å². The Morgan fingerprint density at radius 1 is 1.17 bits per heavy atom. The Morgan fingerprint density at radius 2 is 1.90 bits per heavy atom. The number of halogens is 1. The Bertz CT molecular complexity index is 876. The zero-order valence-corrected chi connectivity index (χ0v) is 17.7. The molecule has 0 spiro atoms. The van der Waals surface area contributed by atoms with Crippen LogP contribution in [-0.2, 0) is 16.1 Å². The highest BCUT2D eigenvalue weighted by atomic mass is 35.5. The molecule has 0 unspecified atom stereocenters. The summed E-state index contributed by atoms with van der Waals surface area (Å²) in [5, 5.41) is 3.75. The average molecular weight is 415 g/mol. The summed E-state index contributed by atoms with van der Waals surface area (Å²) in [6, 6.07) is 13.2. The second-order valence-corrected chi connectivity index (χ2v) is 7.80. The number of ether oxygens (including phenoxy) is 1. The number of likely N-dealkylation sites (tertiary alicyclic amines) is 1. The summed E-state index contributed by atoms with van der Waals surface area (Å²) in [5.74, 6) is -0.386. The minimum absolute atomic E-state index is 0.0107. The number of carbonyl (C=O) groups is 2. The third kappa shape index (κ3) is 5.58. The lowest BCUT2D eigenvalue weighted by molar-refractivity contribution is -0.121. The number of nitrogens with one attached hydrogen (secondary N) is 1. The van der Waals surface area contributed by atoms with E-state index in [2.05, 4.69) is 16.3 Å². The van der Waals surface area contributed by atoms with Crippen molar-refractivity contribution < 1.29 is 14.3 Å². The molecule has 0 aromatic heterocycles. The molecule has 0 radical (unpaired) electrons. The summed E-state index contributed by atoms with van der Waals surface area (Å²) >= 11 is 6.06. The zero-order valence-electron chi connectivity index (χ0n) is 16.9. The Hall–Kier alpha value is -2.37. The van der Waals surface area contributed by atoms with Crippen molar-refractivity contribution in [3.05, 3.63) is 64.2 Å². The van der Waals surface area contributed by atoms with Crippen LogP contribution < -0.4 is 5.32 Å². The van der Waals surface area contributed by atoms with Gasteiger partial charge in [0.15, 0.2) is 0 Å². The van der Waals surface area contributed by atoms with Gasteiger partial charge >= 0.3 is 5.97 Å². The van der Waals surface area contributed by atoms with Crippen molar-refractivity contribution in [3.63, 3.8) is 0 Å². The first kappa shape index (κ1) is 21.3. The molecule has 1 saturated heterocycles. The van der Waals surface area contributed by atoms with Crippen LogP contribution in [0.15, 0.2) is 42.5 Å². The minimum atomic E-state index is -0.365. The normalized spacial score (nSPS) is 15.1. The molecule has 1 aliphatic heterocycles. The highest BCUT2D eigenvalue weighted by Crippen LogP contribution is 2.24. The molecule has 2 aromatic carbocycles. The van der Waals surface area contributed by atoms with Crippen LogP contribution in [0.5, 0.6) is 0 Å². The third-order valence-corrected chi connectivity index (χ3v) is 5.58. The van der Waals surface area contributed by atoms with Crippen molar-refractivity contribution in [3.8, 4) is 0 Å². The van der Waals surface area contributed by atoms with Gasteiger partial charge in [-0.3, -0.25) is 9.69 Å². The molecule has 2 aromatic rings. The van der Waals surface area contributed by atoms with E-state index in [1.807, 2.05) is 31.2 Å². The number of hydrogen-bond acceptors (Lipinski definition) is 4. The molecule has 0 saturated carbocycles. The van der Waals surface area contributed by atoms with E-state index < -0.39 is 0 Å². The number of piperidine rings is 1. The van der Waals surface area contributed by atoms with Gasteiger partial charge in [0.1, 0.15) is 0 Å². The van der Waals surface area contributed by atoms with Crippen LogP contribution in [-0.4, -0.2) is 36.5 Å².